The molecule has 2 heterocycles. The first-order valence-corrected chi connectivity index (χ1v) is 12.1. The third-order valence-electron chi connectivity index (χ3n) is 5.01. The zero-order valence-electron chi connectivity index (χ0n) is 17.6. The van der Waals surface area contributed by atoms with Gasteiger partial charge in [-0.3, -0.25) is 9.59 Å². The summed E-state index contributed by atoms with van der Waals surface area (Å²) in [5, 5.41) is 14.4. The van der Waals surface area contributed by atoms with E-state index in [0.717, 1.165) is 25.8 Å². The zero-order valence-corrected chi connectivity index (χ0v) is 19.2. The lowest BCUT2D eigenvalue weighted by molar-refractivity contribution is -0.119. The molecule has 1 fully saturated rings. The number of piperazine rings is 1. The lowest BCUT2D eigenvalue weighted by atomic mass is 10.1. The number of anilines is 1. The molecule has 0 saturated carbocycles. The number of thioether (sulfide) groups is 1. The fourth-order valence-electron chi connectivity index (χ4n) is 3.49. The largest absolute Gasteiger partial charge is 0.353 e. The van der Waals surface area contributed by atoms with Crippen LogP contribution in [0.5, 0.6) is 0 Å². The fourth-order valence-corrected chi connectivity index (χ4v) is 5.19. The van der Waals surface area contributed by atoms with Gasteiger partial charge >= 0.3 is 0 Å². The van der Waals surface area contributed by atoms with E-state index in [0.29, 0.717) is 31.9 Å². The summed E-state index contributed by atoms with van der Waals surface area (Å²) in [7, 11) is 0. The topological polar surface area (TPSA) is 78.4 Å². The van der Waals surface area contributed by atoms with Crippen molar-refractivity contribution in [1.82, 2.24) is 20.4 Å². The quantitative estimate of drug-likeness (QED) is 0.575. The minimum Gasteiger partial charge on any atom is -0.353 e. The molecule has 0 aliphatic carbocycles. The molecule has 162 valence electrons. The monoisotopic (exact) mass is 455 g/mol. The maximum atomic E-state index is 13.0. The number of rotatable bonds is 6. The van der Waals surface area contributed by atoms with Crippen molar-refractivity contribution in [2.24, 2.45) is 0 Å². The van der Waals surface area contributed by atoms with Crippen molar-refractivity contribution < 1.29 is 9.59 Å². The van der Waals surface area contributed by atoms with E-state index in [2.05, 4.69) is 20.4 Å². The Kier molecular flexibility index (Phi) is 6.72. The molecule has 1 N–H and O–H groups in total. The van der Waals surface area contributed by atoms with Crippen molar-refractivity contribution in [2.45, 2.75) is 24.2 Å². The highest BCUT2D eigenvalue weighted by atomic mass is 32.2. The van der Waals surface area contributed by atoms with Gasteiger partial charge in [0.1, 0.15) is 0 Å². The molecular weight excluding hydrogens is 430 g/mol. The highest BCUT2D eigenvalue weighted by Crippen LogP contribution is 2.28. The number of hydrogen-bond acceptors (Lipinski definition) is 7. The number of aromatic nitrogens is 2. The first-order valence-electron chi connectivity index (χ1n) is 10.3. The lowest BCUT2D eigenvalue weighted by Crippen LogP contribution is -2.48. The van der Waals surface area contributed by atoms with Crippen molar-refractivity contribution in [3.63, 3.8) is 0 Å². The van der Waals surface area contributed by atoms with Gasteiger partial charge in [-0.05, 0) is 36.8 Å². The first kappa shape index (κ1) is 21.6. The first-order chi connectivity index (χ1) is 15.0. The zero-order chi connectivity index (χ0) is 21.8. The highest BCUT2D eigenvalue weighted by Gasteiger charge is 2.24. The Morgan fingerprint density at radius 1 is 1.06 bits per heavy atom. The maximum Gasteiger partial charge on any atom is 0.253 e. The molecule has 1 saturated heterocycles. The number of hydrogen-bond donors (Lipinski definition) is 1. The van der Waals surface area contributed by atoms with Crippen molar-refractivity contribution >= 4 is 50.8 Å². The summed E-state index contributed by atoms with van der Waals surface area (Å²) in [6.45, 7) is 6.60. The maximum absolute atomic E-state index is 13.0. The Morgan fingerprint density at radius 3 is 2.55 bits per heavy atom. The molecule has 4 rings (SSSR count). The molecule has 0 bridgehead atoms. The molecule has 0 spiro atoms. The molecule has 1 aliphatic rings. The van der Waals surface area contributed by atoms with Crippen LogP contribution < -0.4 is 10.2 Å². The summed E-state index contributed by atoms with van der Waals surface area (Å²) in [6, 6.07) is 14.1. The molecular formula is C22H25N5O2S2. The van der Waals surface area contributed by atoms with Crippen molar-refractivity contribution in [3.8, 4) is 0 Å². The third kappa shape index (κ3) is 5.34. The summed E-state index contributed by atoms with van der Waals surface area (Å²) in [5.74, 6) is 0.397. The van der Waals surface area contributed by atoms with Crippen LogP contribution in [0, 0.1) is 0 Å². The van der Waals surface area contributed by atoms with E-state index < -0.39 is 0 Å². The van der Waals surface area contributed by atoms with Gasteiger partial charge in [-0.2, -0.15) is 0 Å². The molecule has 0 radical (unpaired) electrons. The van der Waals surface area contributed by atoms with Crippen LogP contribution in [0.2, 0.25) is 0 Å². The van der Waals surface area contributed by atoms with Gasteiger partial charge in [-0.1, -0.05) is 53.4 Å². The van der Waals surface area contributed by atoms with Gasteiger partial charge in [0.25, 0.3) is 5.91 Å². The Labute approximate surface area is 189 Å². The van der Waals surface area contributed by atoms with Gasteiger partial charge < -0.3 is 15.1 Å². The summed E-state index contributed by atoms with van der Waals surface area (Å²) in [5.41, 5.74) is 0.724. The Bertz CT molecular complexity index is 1080. The summed E-state index contributed by atoms with van der Waals surface area (Å²) >= 11 is 2.89. The summed E-state index contributed by atoms with van der Waals surface area (Å²) in [4.78, 5) is 28.8. The van der Waals surface area contributed by atoms with Crippen LogP contribution in [-0.4, -0.2) is 64.9 Å². The average Bonchev–Trinajstić information content (AvgIpc) is 3.26. The smallest absolute Gasteiger partial charge is 0.253 e. The van der Waals surface area contributed by atoms with Crippen molar-refractivity contribution in [1.29, 1.82) is 0 Å². The molecule has 2 amide bonds. The van der Waals surface area contributed by atoms with Crippen LogP contribution in [-0.2, 0) is 4.79 Å². The number of fused-ring (bicyclic) bond motifs is 1. The number of nitrogens with one attached hydrogen (secondary N) is 1. The molecule has 0 atom stereocenters. The highest BCUT2D eigenvalue weighted by molar-refractivity contribution is 8.01. The van der Waals surface area contributed by atoms with Crippen LogP contribution in [0.3, 0.4) is 0 Å². The van der Waals surface area contributed by atoms with Crippen LogP contribution in [0.25, 0.3) is 10.8 Å². The van der Waals surface area contributed by atoms with Gasteiger partial charge in [-0.25, -0.2) is 0 Å². The Hall–Kier alpha value is -2.65. The van der Waals surface area contributed by atoms with Crippen LogP contribution in [0.15, 0.2) is 46.8 Å². The van der Waals surface area contributed by atoms with Gasteiger partial charge in [0.2, 0.25) is 11.0 Å². The van der Waals surface area contributed by atoms with Crippen LogP contribution in [0.1, 0.15) is 24.2 Å². The second-order valence-corrected chi connectivity index (χ2v) is 9.88. The average molecular weight is 456 g/mol. The van der Waals surface area contributed by atoms with E-state index >= 15 is 0 Å². The Balaban J connectivity index is 1.31. The number of benzene rings is 2. The molecule has 1 aliphatic heterocycles. The molecule has 7 nitrogen and oxygen atoms in total. The SMILES string of the molecule is CC(C)NC(=O)CSc1nnc(N2CCN(C(=O)c3ccc4ccccc4c3)CC2)s1. The van der Waals surface area contributed by atoms with E-state index in [-0.39, 0.29) is 17.9 Å². The standard InChI is InChI=1S/C22H25N5O2S2/c1-15(2)23-19(28)14-30-22-25-24-21(31-22)27-11-9-26(10-12-27)20(29)18-8-7-16-5-3-4-6-17(16)13-18/h3-8,13,15H,9-12,14H2,1-2H3,(H,23,28). The van der Waals surface area contributed by atoms with E-state index in [1.165, 1.54) is 23.1 Å². The predicted molar refractivity (Wildman–Crippen MR) is 126 cm³/mol. The minimum absolute atomic E-state index is 0.00225. The molecule has 3 aromatic rings. The summed E-state index contributed by atoms with van der Waals surface area (Å²) in [6.07, 6.45) is 0. The molecule has 9 heteroatoms. The van der Waals surface area contributed by atoms with Crippen molar-refractivity contribution in [3.05, 3.63) is 48.0 Å². The van der Waals surface area contributed by atoms with Gasteiger partial charge in [0, 0.05) is 37.8 Å². The van der Waals surface area contributed by atoms with E-state index in [1.54, 1.807) is 0 Å². The molecule has 0 unspecified atom stereocenters. The van der Waals surface area contributed by atoms with Gasteiger partial charge in [0.05, 0.1) is 5.75 Å². The second kappa shape index (κ2) is 9.65. The second-order valence-electron chi connectivity index (χ2n) is 7.70. The van der Waals surface area contributed by atoms with E-state index in [1.807, 2.05) is 61.2 Å². The van der Waals surface area contributed by atoms with Gasteiger partial charge in [-0.15, -0.1) is 10.2 Å². The summed E-state index contributed by atoms with van der Waals surface area (Å²) < 4.78 is 0.781. The molecule has 2 aromatic carbocycles. The van der Waals surface area contributed by atoms with Crippen LogP contribution in [0.4, 0.5) is 5.13 Å². The molecule has 31 heavy (non-hydrogen) atoms. The van der Waals surface area contributed by atoms with E-state index in [9.17, 15) is 9.59 Å². The molecule has 1 aromatic heterocycles. The van der Waals surface area contributed by atoms with Gasteiger partial charge in [0.15, 0.2) is 4.34 Å². The number of carbonyl (C=O) groups is 2. The minimum atomic E-state index is -0.00225. The Morgan fingerprint density at radius 2 is 1.81 bits per heavy atom. The van der Waals surface area contributed by atoms with Crippen molar-refractivity contribution in [2.75, 3.05) is 36.8 Å². The van der Waals surface area contributed by atoms with Crippen LogP contribution >= 0.6 is 23.1 Å². The number of nitrogens with zero attached hydrogens (tertiary/aromatic N) is 4. The van der Waals surface area contributed by atoms with E-state index in [4.69, 9.17) is 0 Å². The number of amides is 2. The fraction of sp³-hybridized carbons (Fsp3) is 0.364. The normalized spacial score (nSPS) is 14.3. The number of carbonyl (C=O) groups excluding carboxylic acids is 2. The predicted octanol–water partition coefficient (Wildman–Crippen LogP) is 3.27. The lowest BCUT2D eigenvalue weighted by Gasteiger charge is -2.34. The third-order valence-corrected chi connectivity index (χ3v) is 7.12.